The van der Waals surface area contributed by atoms with E-state index in [-0.39, 0.29) is 5.92 Å². The quantitative estimate of drug-likeness (QED) is 0.681. The number of hydrogen-bond acceptors (Lipinski definition) is 4. The van der Waals surface area contributed by atoms with Gasteiger partial charge in [-0.3, -0.25) is 4.99 Å². The fraction of sp³-hybridized carbons (Fsp3) is 0.278. The Morgan fingerprint density at radius 2 is 1.50 bits per heavy atom. The van der Waals surface area contributed by atoms with Crippen molar-refractivity contribution >= 4 is 6.08 Å². The van der Waals surface area contributed by atoms with Crippen LogP contribution in [-0.2, 0) is 4.74 Å². The Bertz CT molecular complexity index is 608. The van der Waals surface area contributed by atoms with Gasteiger partial charge in [0.05, 0.1) is 0 Å². The van der Waals surface area contributed by atoms with Crippen LogP contribution in [0.3, 0.4) is 0 Å². The second-order valence-electron chi connectivity index (χ2n) is 5.03. The highest BCUT2D eigenvalue weighted by Gasteiger charge is 2.26. The van der Waals surface area contributed by atoms with Gasteiger partial charge in [-0.1, -0.05) is 48.5 Å². The fourth-order valence-electron chi connectivity index (χ4n) is 2.66. The monoisotopic (exact) mass is 297 g/mol. The summed E-state index contributed by atoms with van der Waals surface area (Å²) < 4.78 is 5.18. The number of ether oxygens (including phenoxy) is 1. The lowest BCUT2D eigenvalue weighted by Gasteiger charge is -2.20. The molecule has 1 N–H and O–H groups in total. The summed E-state index contributed by atoms with van der Waals surface area (Å²) in [5.74, 6) is 0.109. The molecule has 0 atom stereocenters. The molecule has 0 fully saturated rings. The van der Waals surface area contributed by atoms with Gasteiger partial charge in [0, 0.05) is 19.6 Å². The van der Waals surface area contributed by atoms with Gasteiger partial charge in [0.25, 0.3) is 0 Å². The van der Waals surface area contributed by atoms with Crippen LogP contribution >= 0.6 is 0 Å². The molecule has 2 aromatic rings. The Balaban J connectivity index is 0.000000545. The van der Waals surface area contributed by atoms with Gasteiger partial charge in [-0.15, -0.1) is 0 Å². The molecule has 4 nitrogen and oxygen atoms in total. The molecule has 1 aliphatic carbocycles. The molecule has 0 saturated carbocycles. The van der Waals surface area contributed by atoms with E-state index in [4.69, 9.17) is 4.74 Å². The first-order valence-electron chi connectivity index (χ1n) is 7.26. The van der Waals surface area contributed by atoms with E-state index in [1.165, 1.54) is 29.3 Å². The van der Waals surface area contributed by atoms with Crippen molar-refractivity contribution in [2.45, 2.75) is 5.92 Å². The first kappa shape index (κ1) is 16.0. The number of nitrogens with zero attached hydrogens (tertiary/aromatic N) is 1. The normalized spacial score (nSPS) is 13.0. The van der Waals surface area contributed by atoms with Crippen molar-refractivity contribution in [2.75, 3.05) is 27.7 Å². The van der Waals surface area contributed by atoms with Gasteiger partial charge >= 0.3 is 0 Å². The number of nitrogens with one attached hydrogen (secondary N) is 1. The molecule has 0 amide bonds. The van der Waals surface area contributed by atoms with Gasteiger partial charge in [0.15, 0.2) is 0 Å². The van der Waals surface area contributed by atoms with Crippen LogP contribution in [0.2, 0.25) is 0 Å². The predicted molar refractivity (Wildman–Crippen MR) is 88.0 cm³/mol. The van der Waals surface area contributed by atoms with Gasteiger partial charge < -0.3 is 15.2 Å². The minimum absolute atomic E-state index is 0.109. The zero-order valence-corrected chi connectivity index (χ0v) is 13.2. The van der Waals surface area contributed by atoms with Gasteiger partial charge in [0.2, 0.25) is 0 Å². The van der Waals surface area contributed by atoms with Gasteiger partial charge in [-0.25, -0.2) is 0 Å². The molecule has 2 aromatic carbocycles. The number of fused-ring (bicyclic) bond motifs is 3. The highest BCUT2D eigenvalue weighted by molar-refractivity contribution is 5.78. The first-order valence-corrected chi connectivity index (χ1v) is 7.26. The number of aliphatic imine (C=N–C) groups is 1. The van der Waals surface area contributed by atoms with Crippen LogP contribution in [0.5, 0.6) is 0 Å². The topological polar surface area (TPSA) is 56.7 Å². The Kier molecular flexibility index (Phi) is 5.55. The Morgan fingerprint density at radius 1 is 1.05 bits per heavy atom. The van der Waals surface area contributed by atoms with Gasteiger partial charge in [-0.05, 0) is 36.3 Å². The third kappa shape index (κ3) is 3.28. The van der Waals surface area contributed by atoms with Crippen molar-refractivity contribution in [3.63, 3.8) is 0 Å². The summed E-state index contributed by atoms with van der Waals surface area (Å²) in [4.78, 5) is 3.50. The maximum absolute atomic E-state index is 11.2. The third-order valence-corrected chi connectivity index (χ3v) is 3.52. The molecule has 0 bridgehead atoms. The Morgan fingerprint density at radius 3 is 1.95 bits per heavy atom. The van der Waals surface area contributed by atoms with E-state index in [1.807, 2.05) is 38.4 Å². The summed E-state index contributed by atoms with van der Waals surface area (Å²) in [6, 6.07) is 16.5. The smallest absolute Gasteiger partial charge is 0.145 e. The summed E-state index contributed by atoms with van der Waals surface area (Å²) >= 11 is 0. The maximum Gasteiger partial charge on any atom is 0.145 e. The number of hydrogen-bond donors (Lipinski definition) is 1. The van der Waals surface area contributed by atoms with Crippen molar-refractivity contribution in [1.82, 2.24) is 5.32 Å². The van der Waals surface area contributed by atoms with Crippen LogP contribution in [0.25, 0.3) is 11.1 Å². The van der Waals surface area contributed by atoms with E-state index in [2.05, 4.69) is 34.6 Å². The van der Waals surface area contributed by atoms with Crippen molar-refractivity contribution < 1.29 is 9.84 Å². The molecule has 0 aromatic heterocycles. The van der Waals surface area contributed by atoms with Crippen LogP contribution in [0.1, 0.15) is 17.0 Å². The first-order chi connectivity index (χ1) is 10.7. The second kappa shape index (κ2) is 7.61. The highest BCUT2D eigenvalue weighted by Crippen LogP contribution is 2.44. The molecule has 4 heteroatoms. The Labute approximate surface area is 131 Å². The summed E-state index contributed by atoms with van der Waals surface area (Å²) in [6.45, 7) is 0.337. The average Bonchev–Trinajstić information content (AvgIpc) is 2.87. The van der Waals surface area contributed by atoms with E-state index in [0.717, 1.165) is 0 Å². The molecule has 0 aliphatic heterocycles. The zero-order valence-electron chi connectivity index (χ0n) is 13.2. The van der Waals surface area contributed by atoms with Crippen LogP contribution in [0, 0.1) is 0 Å². The largest absolute Gasteiger partial charge is 0.599 e. The molecule has 0 saturated heterocycles. The van der Waals surface area contributed by atoms with Crippen LogP contribution in [0.4, 0.5) is 0 Å². The summed E-state index contributed by atoms with van der Waals surface area (Å²) in [5, 5.41) is 14.0. The van der Waals surface area contributed by atoms with E-state index in [9.17, 15) is 5.11 Å². The molecule has 0 heterocycles. The fourth-order valence-corrected chi connectivity index (χ4v) is 2.66. The minimum atomic E-state index is -0.512. The molecule has 0 unspecified atom stereocenters. The highest BCUT2D eigenvalue weighted by atomic mass is 16.6. The summed E-state index contributed by atoms with van der Waals surface area (Å²) in [5.41, 5.74) is 4.89. The molecule has 0 radical (unpaired) electrons. The zero-order chi connectivity index (χ0) is 15.9. The van der Waals surface area contributed by atoms with E-state index in [0.29, 0.717) is 6.61 Å². The van der Waals surface area contributed by atoms with Crippen molar-refractivity contribution in [3.05, 3.63) is 59.7 Å². The van der Waals surface area contributed by atoms with Crippen molar-refractivity contribution in [2.24, 2.45) is 4.99 Å². The molecule has 116 valence electrons. The van der Waals surface area contributed by atoms with Crippen LogP contribution in [-0.4, -0.2) is 33.8 Å². The SMILES string of the molecule is CN=C([O-])OCC1c2ccccc2-c2ccccc21.CNC. The number of benzene rings is 2. The molecule has 3 rings (SSSR count). The molecule has 1 aliphatic rings. The molecular formula is C18H21N2O2-. The van der Waals surface area contributed by atoms with Crippen molar-refractivity contribution in [1.29, 1.82) is 0 Å². The second-order valence-corrected chi connectivity index (χ2v) is 5.03. The van der Waals surface area contributed by atoms with Crippen molar-refractivity contribution in [3.8, 4) is 11.1 Å². The van der Waals surface area contributed by atoms with Crippen LogP contribution in [0.15, 0.2) is 53.5 Å². The molecular weight excluding hydrogens is 276 g/mol. The van der Waals surface area contributed by atoms with E-state index in [1.54, 1.807) is 0 Å². The van der Waals surface area contributed by atoms with Gasteiger partial charge in [0.1, 0.15) is 6.08 Å². The maximum atomic E-state index is 11.2. The minimum Gasteiger partial charge on any atom is -0.599 e. The van der Waals surface area contributed by atoms with E-state index < -0.39 is 6.08 Å². The van der Waals surface area contributed by atoms with Gasteiger partial charge in [-0.2, -0.15) is 0 Å². The lowest BCUT2D eigenvalue weighted by atomic mass is 9.98. The lowest BCUT2D eigenvalue weighted by Crippen LogP contribution is -2.23. The predicted octanol–water partition coefficient (Wildman–Crippen LogP) is 2.00. The molecule has 22 heavy (non-hydrogen) atoms. The van der Waals surface area contributed by atoms with Crippen LogP contribution < -0.4 is 10.4 Å². The number of rotatable bonds is 2. The summed E-state index contributed by atoms with van der Waals surface area (Å²) in [6.07, 6.45) is -0.512. The Hall–Kier alpha value is -2.33. The third-order valence-electron chi connectivity index (χ3n) is 3.52. The van der Waals surface area contributed by atoms with E-state index >= 15 is 0 Å². The standard InChI is InChI=1S/C16H15NO2.C2H7N/c1-17-16(18)19-10-15-13-8-4-2-6-11(13)12-7-3-5-9-14(12)15;1-3-2/h2-9,15H,10H2,1H3,(H,17,18);3H,1-2H3/p-1. The lowest BCUT2D eigenvalue weighted by molar-refractivity contribution is -0.250. The summed E-state index contributed by atoms with van der Waals surface area (Å²) in [7, 11) is 5.19. The molecule has 0 spiro atoms. The average molecular weight is 297 g/mol.